The van der Waals surface area contributed by atoms with E-state index in [-0.39, 0.29) is 0 Å². The molecule has 0 atom stereocenters. The summed E-state index contributed by atoms with van der Waals surface area (Å²) in [6.07, 6.45) is 0. The molecule has 2 rings (SSSR count). The molecule has 19 heavy (non-hydrogen) atoms. The van der Waals surface area contributed by atoms with Gasteiger partial charge in [-0.2, -0.15) is 16.4 Å². The van der Waals surface area contributed by atoms with E-state index >= 15 is 0 Å². The minimum Gasteiger partial charge on any atom is -0.354 e. The average molecular weight is 276 g/mol. The third kappa shape index (κ3) is 4.29. The van der Waals surface area contributed by atoms with Crippen LogP contribution in [0.1, 0.15) is 25.1 Å². The average Bonchev–Trinajstić information content (AvgIpc) is 2.89. The third-order valence-electron chi connectivity index (χ3n) is 2.79. The van der Waals surface area contributed by atoms with E-state index in [1.54, 1.807) is 11.3 Å². The normalized spacial score (nSPS) is 10.9. The number of rotatable bonds is 6. The largest absolute Gasteiger partial charge is 0.354 e. The maximum absolute atomic E-state index is 4.28. The molecule has 0 radical (unpaired) electrons. The molecule has 4 nitrogen and oxygen atoms in total. The highest BCUT2D eigenvalue weighted by Gasteiger charge is 2.05. The zero-order valence-electron chi connectivity index (χ0n) is 11.6. The van der Waals surface area contributed by atoms with Gasteiger partial charge in [-0.05, 0) is 34.5 Å². The molecule has 0 aromatic carbocycles. The van der Waals surface area contributed by atoms with E-state index in [9.17, 15) is 0 Å². The van der Waals surface area contributed by atoms with Gasteiger partial charge < -0.3 is 10.2 Å². The lowest BCUT2D eigenvalue weighted by molar-refractivity contribution is 0.577. The van der Waals surface area contributed by atoms with Gasteiger partial charge in [0, 0.05) is 26.2 Å². The summed E-state index contributed by atoms with van der Waals surface area (Å²) in [4.78, 5) is 2.11. The fraction of sp³-hybridized carbons (Fsp3) is 0.429. The summed E-state index contributed by atoms with van der Waals surface area (Å²) < 4.78 is 0. The van der Waals surface area contributed by atoms with Gasteiger partial charge in [0.25, 0.3) is 0 Å². The van der Waals surface area contributed by atoms with Crippen molar-refractivity contribution in [1.29, 1.82) is 0 Å². The molecule has 0 aliphatic rings. The van der Waals surface area contributed by atoms with Crippen LogP contribution in [0.2, 0.25) is 0 Å². The number of anilines is 1. The first-order chi connectivity index (χ1) is 9.15. The Morgan fingerprint density at radius 2 is 2.11 bits per heavy atom. The highest BCUT2D eigenvalue weighted by molar-refractivity contribution is 7.07. The van der Waals surface area contributed by atoms with E-state index in [1.165, 1.54) is 5.56 Å². The Bertz CT molecular complexity index is 479. The summed E-state index contributed by atoms with van der Waals surface area (Å²) in [5.41, 5.74) is 2.28. The number of nitrogens with zero attached hydrogens (tertiary/aromatic N) is 3. The Balaban J connectivity index is 1.93. The maximum atomic E-state index is 4.28. The van der Waals surface area contributed by atoms with Crippen molar-refractivity contribution >= 4 is 17.2 Å². The van der Waals surface area contributed by atoms with Gasteiger partial charge in [0.05, 0.1) is 5.69 Å². The molecule has 0 saturated carbocycles. The van der Waals surface area contributed by atoms with Gasteiger partial charge >= 0.3 is 0 Å². The first-order valence-corrected chi connectivity index (χ1v) is 7.37. The Labute approximate surface area is 118 Å². The molecular formula is C14H20N4S. The summed E-state index contributed by atoms with van der Waals surface area (Å²) in [5, 5.41) is 16.1. The van der Waals surface area contributed by atoms with E-state index < -0.39 is 0 Å². The molecular weight excluding hydrogens is 256 g/mol. The van der Waals surface area contributed by atoms with E-state index in [4.69, 9.17) is 0 Å². The van der Waals surface area contributed by atoms with Crippen LogP contribution < -0.4 is 10.2 Å². The van der Waals surface area contributed by atoms with Gasteiger partial charge in [0.15, 0.2) is 5.82 Å². The van der Waals surface area contributed by atoms with Crippen LogP contribution in [0.4, 0.5) is 5.82 Å². The van der Waals surface area contributed by atoms with Crippen molar-refractivity contribution in [3.05, 3.63) is 40.2 Å². The van der Waals surface area contributed by atoms with Crippen LogP contribution in [0.25, 0.3) is 0 Å². The van der Waals surface area contributed by atoms with Crippen molar-refractivity contribution in [2.45, 2.75) is 33.0 Å². The zero-order chi connectivity index (χ0) is 13.7. The number of aromatic nitrogens is 2. The molecule has 0 saturated heterocycles. The lowest BCUT2D eigenvalue weighted by Crippen LogP contribution is -2.23. The molecule has 0 amide bonds. The number of hydrogen-bond acceptors (Lipinski definition) is 5. The second-order valence-electron chi connectivity index (χ2n) is 4.91. The Morgan fingerprint density at radius 3 is 2.68 bits per heavy atom. The van der Waals surface area contributed by atoms with E-state index in [1.807, 2.05) is 19.2 Å². The standard InChI is InChI=1S/C14H20N4S/c1-11(2)15-8-13-4-5-14(17-16-13)18(3)9-12-6-7-19-10-12/h4-7,10-11,15H,8-9H2,1-3H3. The summed E-state index contributed by atoms with van der Waals surface area (Å²) >= 11 is 1.72. The molecule has 0 unspecified atom stereocenters. The van der Waals surface area contributed by atoms with Gasteiger partial charge in [0.1, 0.15) is 0 Å². The van der Waals surface area contributed by atoms with Crippen LogP contribution in [-0.4, -0.2) is 23.3 Å². The topological polar surface area (TPSA) is 41.0 Å². The number of hydrogen-bond donors (Lipinski definition) is 1. The van der Waals surface area contributed by atoms with Crippen molar-refractivity contribution < 1.29 is 0 Å². The Hall–Kier alpha value is -1.46. The monoisotopic (exact) mass is 276 g/mol. The molecule has 0 spiro atoms. The SMILES string of the molecule is CC(C)NCc1ccc(N(C)Cc2ccsc2)nn1. The fourth-order valence-electron chi connectivity index (χ4n) is 1.70. The van der Waals surface area contributed by atoms with Crippen LogP contribution >= 0.6 is 11.3 Å². The molecule has 0 aliphatic heterocycles. The van der Waals surface area contributed by atoms with Gasteiger partial charge in [-0.15, -0.1) is 5.10 Å². The van der Waals surface area contributed by atoms with Crippen molar-refractivity contribution in [2.75, 3.05) is 11.9 Å². The van der Waals surface area contributed by atoms with Crippen LogP contribution in [-0.2, 0) is 13.1 Å². The van der Waals surface area contributed by atoms with E-state index in [2.05, 4.69) is 51.1 Å². The summed E-state index contributed by atoms with van der Waals surface area (Å²) in [5.74, 6) is 0.902. The molecule has 2 aromatic heterocycles. The van der Waals surface area contributed by atoms with Crippen LogP contribution in [0.3, 0.4) is 0 Å². The second kappa shape index (κ2) is 6.63. The molecule has 102 valence electrons. The van der Waals surface area contributed by atoms with Crippen molar-refractivity contribution in [3.63, 3.8) is 0 Å². The quantitative estimate of drug-likeness (QED) is 0.880. The third-order valence-corrected chi connectivity index (χ3v) is 3.52. The van der Waals surface area contributed by atoms with Gasteiger partial charge in [0.2, 0.25) is 0 Å². The highest BCUT2D eigenvalue weighted by atomic mass is 32.1. The van der Waals surface area contributed by atoms with Gasteiger partial charge in [-0.1, -0.05) is 13.8 Å². The first-order valence-electron chi connectivity index (χ1n) is 6.43. The number of thiophene rings is 1. The van der Waals surface area contributed by atoms with Crippen LogP contribution in [0.15, 0.2) is 29.0 Å². The molecule has 2 heterocycles. The minimum absolute atomic E-state index is 0.461. The molecule has 1 N–H and O–H groups in total. The Morgan fingerprint density at radius 1 is 1.26 bits per heavy atom. The van der Waals surface area contributed by atoms with Crippen molar-refractivity contribution in [1.82, 2.24) is 15.5 Å². The number of nitrogens with one attached hydrogen (secondary N) is 1. The summed E-state index contributed by atoms with van der Waals surface area (Å²) in [7, 11) is 2.04. The van der Waals surface area contributed by atoms with Gasteiger partial charge in [-0.25, -0.2) is 0 Å². The minimum atomic E-state index is 0.461. The molecule has 0 fully saturated rings. The molecule has 5 heteroatoms. The first kappa shape index (κ1) is 14.0. The highest BCUT2D eigenvalue weighted by Crippen LogP contribution is 2.13. The van der Waals surface area contributed by atoms with Crippen molar-refractivity contribution in [3.8, 4) is 0 Å². The summed E-state index contributed by atoms with van der Waals surface area (Å²) in [6, 6.07) is 6.65. The van der Waals surface area contributed by atoms with Crippen LogP contribution in [0.5, 0.6) is 0 Å². The summed E-state index contributed by atoms with van der Waals surface area (Å²) in [6.45, 7) is 5.87. The predicted molar refractivity (Wildman–Crippen MR) is 80.4 cm³/mol. The van der Waals surface area contributed by atoms with Crippen molar-refractivity contribution in [2.24, 2.45) is 0 Å². The second-order valence-corrected chi connectivity index (χ2v) is 5.69. The predicted octanol–water partition coefficient (Wildman–Crippen LogP) is 2.67. The molecule has 2 aromatic rings. The fourth-order valence-corrected chi connectivity index (χ4v) is 2.36. The van der Waals surface area contributed by atoms with E-state index in [0.717, 1.165) is 24.6 Å². The molecule has 0 bridgehead atoms. The Kier molecular flexibility index (Phi) is 4.87. The zero-order valence-corrected chi connectivity index (χ0v) is 12.4. The lowest BCUT2D eigenvalue weighted by atomic mass is 10.3. The van der Waals surface area contributed by atoms with Crippen LogP contribution in [0, 0.1) is 0 Å². The molecule has 0 aliphatic carbocycles. The smallest absolute Gasteiger partial charge is 0.151 e. The van der Waals surface area contributed by atoms with Gasteiger partial charge in [-0.3, -0.25) is 0 Å². The maximum Gasteiger partial charge on any atom is 0.151 e. The lowest BCUT2D eigenvalue weighted by Gasteiger charge is -2.17. The van der Waals surface area contributed by atoms with E-state index in [0.29, 0.717) is 6.04 Å².